The summed E-state index contributed by atoms with van der Waals surface area (Å²) in [6.07, 6.45) is -1.45. The summed E-state index contributed by atoms with van der Waals surface area (Å²) in [6.45, 7) is 1.83. The molecule has 1 unspecified atom stereocenters. The number of aromatic nitrogens is 1. The highest BCUT2D eigenvalue weighted by atomic mass is 79.9. The number of anilines is 1. The molecule has 0 aliphatic rings. The van der Waals surface area contributed by atoms with Crippen molar-refractivity contribution in [2.75, 3.05) is 5.32 Å². The third kappa shape index (κ3) is 4.63. The fourth-order valence-corrected chi connectivity index (χ4v) is 2.11. The van der Waals surface area contributed by atoms with Crippen molar-refractivity contribution in [2.24, 2.45) is 0 Å². The predicted molar refractivity (Wildman–Crippen MR) is 77.1 cm³/mol. The molecule has 112 valence electrons. The molecule has 1 heterocycles. The van der Waals surface area contributed by atoms with Crippen molar-refractivity contribution in [3.05, 3.63) is 52.8 Å². The molecule has 0 saturated carbocycles. The van der Waals surface area contributed by atoms with Crippen LogP contribution in [-0.4, -0.2) is 11.3 Å². The van der Waals surface area contributed by atoms with Crippen molar-refractivity contribution in [2.45, 2.75) is 19.3 Å². The van der Waals surface area contributed by atoms with Crippen LogP contribution in [0, 0.1) is 0 Å². The molecule has 7 heteroatoms. The van der Waals surface area contributed by atoms with Crippen molar-refractivity contribution >= 4 is 21.6 Å². The van der Waals surface area contributed by atoms with E-state index in [0.717, 1.165) is 5.56 Å². The van der Waals surface area contributed by atoms with E-state index in [-0.39, 0.29) is 17.5 Å². The Kier molecular flexibility index (Phi) is 4.72. The summed E-state index contributed by atoms with van der Waals surface area (Å²) in [5.74, 6) is -0.285. The largest absolute Gasteiger partial charge is 0.573 e. The Morgan fingerprint density at radius 2 is 2.05 bits per heavy atom. The Morgan fingerprint density at radius 3 is 2.67 bits per heavy atom. The molecule has 1 aromatic carbocycles. The van der Waals surface area contributed by atoms with Crippen LogP contribution in [0.1, 0.15) is 18.5 Å². The van der Waals surface area contributed by atoms with Crippen molar-refractivity contribution in [1.82, 2.24) is 4.98 Å². The molecular formula is C14H12BrF3N2O. The normalized spacial score (nSPS) is 12.8. The lowest BCUT2D eigenvalue weighted by molar-refractivity contribution is -0.274. The summed E-state index contributed by atoms with van der Waals surface area (Å²) < 4.78 is 41.9. The number of ether oxygens (including phenoxy) is 1. The van der Waals surface area contributed by atoms with Crippen LogP contribution < -0.4 is 10.1 Å². The molecule has 1 atom stereocenters. The van der Waals surface area contributed by atoms with Crippen LogP contribution in [0.4, 0.5) is 18.9 Å². The molecule has 1 N–H and O–H groups in total. The minimum Gasteiger partial charge on any atom is -0.404 e. The highest BCUT2D eigenvalue weighted by Crippen LogP contribution is 2.34. The molecule has 0 aliphatic carbocycles. The summed E-state index contributed by atoms with van der Waals surface area (Å²) >= 11 is 3.13. The molecule has 0 radical (unpaired) electrons. The molecule has 0 saturated heterocycles. The number of nitrogens with zero attached hydrogens (tertiary/aromatic N) is 1. The van der Waals surface area contributed by atoms with E-state index >= 15 is 0 Å². The van der Waals surface area contributed by atoms with Crippen LogP contribution in [0.15, 0.2) is 47.2 Å². The second kappa shape index (κ2) is 6.34. The minimum atomic E-state index is -4.74. The Morgan fingerprint density at radius 1 is 1.29 bits per heavy atom. The highest BCUT2D eigenvalue weighted by Gasteiger charge is 2.32. The third-order valence-corrected chi connectivity index (χ3v) is 3.22. The van der Waals surface area contributed by atoms with Gasteiger partial charge in [0.1, 0.15) is 0 Å². The molecule has 21 heavy (non-hydrogen) atoms. The Hall–Kier alpha value is -1.76. The molecule has 3 nitrogen and oxygen atoms in total. The number of benzene rings is 1. The van der Waals surface area contributed by atoms with Gasteiger partial charge in [-0.2, -0.15) is 0 Å². The van der Waals surface area contributed by atoms with E-state index in [9.17, 15) is 13.2 Å². The quantitative estimate of drug-likeness (QED) is 0.840. The molecule has 0 fully saturated rings. The van der Waals surface area contributed by atoms with Gasteiger partial charge in [-0.25, -0.2) is 0 Å². The smallest absolute Gasteiger partial charge is 0.404 e. The number of rotatable bonds is 4. The SMILES string of the molecule is CC(Nc1ccc(Br)cc1OC(F)(F)F)c1cccnc1. The van der Waals surface area contributed by atoms with Gasteiger partial charge in [0.2, 0.25) is 0 Å². The first-order valence-corrected chi connectivity index (χ1v) is 6.86. The molecular weight excluding hydrogens is 349 g/mol. The predicted octanol–water partition coefficient (Wildman–Crippen LogP) is 4.92. The third-order valence-electron chi connectivity index (χ3n) is 2.73. The zero-order valence-corrected chi connectivity index (χ0v) is 12.6. The summed E-state index contributed by atoms with van der Waals surface area (Å²) in [4.78, 5) is 3.98. The lowest BCUT2D eigenvalue weighted by Gasteiger charge is -2.19. The van der Waals surface area contributed by atoms with Gasteiger partial charge < -0.3 is 10.1 Å². The van der Waals surface area contributed by atoms with Crippen LogP contribution in [0.5, 0.6) is 5.75 Å². The lowest BCUT2D eigenvalue weighted by atomic mass is 10.1. The summed E-state index contributed by atoms with van der Waals surface area (Å²) in [5, 5.41) is 2.99. The maximum atomic E-state index is 12.4. The van der Waals surface area contributed by atoms with Crippen molar-refractivity contribution in [3.63, 3.8) is 0 Å². The van der Waals surface area contributed by atoms with E-state index in [4.69, 9.17) is 0 Å². The van der Waals surface area contributed by atoms with E-state index in [1.807, 2.05) is 13.0 Å². The number of pyridine rings is 1. The Balaban J connectivity index is 2.23. The molecule has 0 bridgehead atoms. The van der Waals surface area contributed by atoms with Crippen LogP contribution in [0.25, 0.3) is 0 Å². The zero-order chi connectivity index (χ0) is 15.5. The second-order valence-electron chi connectivity index (χ2n) is 4.34. The van der Waals surface area contributed by atoms with E-state index in [2.05, 4.69) is 31.0 Å². The molecule has 2 rings (SSSR count). The molecule has 2 aromatic rings. The van der Waals surface area contributed by atoms with E-state index in [1.165, 1.54) is 12.1 Å². The fourth-order valence-electron chi connectivity index (χ4n) is 1.77. The van der Waals surface area contributed by atoms with E-state index < -0.39 is 6.36 Å². The average Bonchev–Trinajstić information content (AvgIpc) is 2.41. The topological polar surface area (TPSA) is 34.1 Å². The van der Waals surface area contributed by atoms with Gasteiger partial charge in [-0.1, -0.05) is 22.0 Å². The van der Waals surface area contributed by atoms with Crippen LogP contribution in [-0.2, 0) is 0 Å². The average molecular weight is 361 g/mol. The fraction of sp³-hybridized carbons (Fsp3) is 0.214. The highest BCUT2D eigenvalue weighted by molar-refractivity contribution is 9.10. The van der Waals surface area contributed by atoms with E-state index in [1.54, 1.807) is 24.5 Å². The first-order chi connectivity index (χ1) is 9.85. The first-order valence-electron chi connectivity index (χ1n) is 6.07. The monoisotopic (exact) mass is 360 g/mol. The van der Waals surface area contributed by atoms with Gasteiger partial charge in [0.15, 0.2) is 5.75 Å². The summed E-state index contributed by atoms with van der Waals surface area (Å²) in [7, 11) is 0. The lowest BCUT2D eigenvalue weighted by Crippen LogP contribution is -2.18. The van der Waals surface area contributed by atoms with E-state index in [0.29, 0.717) is 4.47 Å². The zero-order valence-electron chi connectivity index (χ0n) is 11.0. The van der Waals surface area contributed by atoms with Crippen molar-refractivity contribution < 1.29 is 17.9 Å². The summed E-state index contributed by atoms with van der Waals surface area (Å²) in [6, 6.07) is 7.83. The minimum absolute atomic E-state index is 0.213. The van der Waals surface area contributed by atoms with Gasteiger partial charge in [0.25, 0.3) is 0 Å². The van der Waals surface area contributed by atoms with Gasteiger partial charge in [-0.3, -0.25) is 4.98 Å². The number of alkyl halides is 3. The van der Waals surface area contributed by atoms with Gasteiger partial charge in [0, 0.05) is 16.9 Å². The van der Waals surface area contributed by atoms with Gasteiger partial charge in [-0.15, -0.1) is 13.2 Å². The molecule has 1 aromatic heterocycles. The second-order valence-corrected chi connectivity index (χ2v) is 5.26. The van der Waals surface area contributed by atoms with Crippen molar-refractivity contribution in [3.8, 4) is 5.75 Å². The molecule has 0 spiro atoms. The van der Waals surface area contributed by atoms with Crippen molar-refractivity contribution in [1.29, 1.82) is 0 Å². The Labute approximate surface area is 128 Å². The maximum Gasteiger partial charge on any atom is 0.573 e. The number of hydrogen-bond donors (Lipinski definition) is 1. The van der Waals surface area contributed by atoms with Crippen LogP contribution in [0.3, 0.4) is 0 Å². The molecule has 0 amide bonds. The van der Waals surface area contributed by atoms with Gasteiger partial charge in [0.05, 0.1) is 11.7 Å². The molecule has 0 aliphatic heterocycles. The maximum absolute atomic E-state index is 12.4. The van der Waals surface area contributed by atoms with Gasteiger partial charge >= 0.3 is 6.36 Å². The Bertz CT molecular complexity index is 605. The number of hydrogen-bond acceptors (Lipinski definition) is 3. The summed E-state index contributed by atoms with van der Waals surface area (Å²) in [5.41, 5.74) is 1.12. The first kappa shape index (κ1) is 15.6. The number of nitrogens with one attached hydrogen (secondary N) is 1. The number of halogens is 4. The standard InChI is InChI=1S/C14H12BrF3N2O/c1-9(10-3-2-6-19-8-10)20-12-5-4-11(15)7-13(12)21-14(16,17)18/h2-9,20H,1H3. The van der Waals surface area contributed by atoms with Gasteiger partial charge in [-0.05, 0) is 36.8 Å². The van der Waals surface area contributed by atoms with Crippen LogP contribution >= 0.6 is 15.9 Å². The van der Waals surface area contributed by atoms with Crippen LogP contribution in [0.2, 0.25) is 0 Å².